The third-order valence-corrected chi connectivity index (χ3v) is 4.45. The van der Waals surface area contributed by atoms with Gasteiger partial charge in [0.05, 0.1) is 12.8 Å². The van der Waals surface area contributed by atoms with Gasteiger partial charge < -0.3 is 4.74 Å². The number of hydrazine groups is 1. The van der Waals surface area contributed by atoms with Crippen molar-refractivity contribution in [3.8, 4) is 5.75 Å². The number of nitrogens with zero attached hydrogens (tertiary/aromatic N) is 1. The number of para-hydroxylation sites is 1. The standard InChI is InChI=1S/C21H22N2O3/c1-13(2)17-11-15(14(3)10-19(17)26-4)12-18-20(24)22-23(21(18)25)16-8-6-5-7-9-16/h5-13H,1-4H3,(H,22,24). The topological polar surface area (TPSA) is 58.6 Å². The van der Waals surface area contributed by atoms with Crippen LogP contribution >= 0.6 is 0 Å². The minimum atomic E-state index is -0.403. The van der Waals surface area contributed by atoms with Crippen molar-refractivity contribution in [1.82, 2.24) is 5.43 Å². The molecule has 1 aliphatic heterocycles. The molecule has 0 atom stereocenters. The summed E-state index contributed by atoms with van der Waals surface area (Å²) in [5, 5.41) is 1.27. The molecule has 1 saturated heterocycles. The number of carbonyl (C=O) groups excluding carboxylic acids is 2. The Morgan fingerprint density at radius 1 is 1.12 bits per heavy atom. The number of anilines is 1. The van der Waals surface area contributed by atoms with Gasteiger partial charge in [-0.3, -0.25) is 15.0 Å². The van der Waals surface area contributed by atoms with Gasteiger partial charge in [-0.2, -0.15) is 0 Å². The first kappa shape index (κ1) is 17.7. The van der Waals surface area contributed by atoms with Gasteiger partial charge in [-0.15, -0.1) is 0 Å². The molecule has 0 aromatic heterocycles. The third kappa shape index (κ3) is 3.20. The van der Waals surface area contributed by atoms with Gasteiger partial charge in [-0.05, 0) is 59.9 Å². The van der Waals surface area contributed by atoms with Crippen LogP contribution in [0.25, 0.3) is 6.08 Å². The molecule has 26 heavy (non-hydrogen) atoms. The fourth-order valence-corrected chi connectivity index (χ4v) is 2.97. The van der Waals surface area contributed by atoms with Gasteiger partial charge in [0.1, 0.15) is 11.3 Å². The SMILES string of the molecule is COc1cc(C)c(C=C2C(=O)NN(c3ccccc3)C2=O)cc1C(C)C. The largest absolute Gasteiger partial charge is 0.496 e. The molecular formula is C21H22N2O3. The van der Waals surface area contributed by atoms with E-state index in [1.807, 2.05) is 37.3 Å². The Bertz CT molecular complexity index is 886. The Kier molecular flexibility index (Phi) is 4.80. The predicted octanol–water partition coefficient (Wildman–Crippen LogP) is 3.59. The number of rotatable bonds is 4. The van der Waals surface area contributed by atoms with E-state index in [0.717, 1.165) is 22.4 Å². The van der Waals surface area contributed by atoms with E-state index < -0.39 is 5.91 Å². The molecular weight excluding hydrogens is 328 g/mol. The van der Waals surface area contributed by atoms with E-state index in [9.17, 15) is 9.59 Å². The summed E-state index contributed by atoms with van der Waals surface area (Å²) in [5.41, 5.74) is 6.19. The molecule has 2 aromatic carbocycles. The zero-order valence-electron chi connectivity index (χ0n) is 15.4. The molecule has 2 amide bonds. The van der Waals surface area contributed by atoms with E-state index in [1.54, 1.807) is 25.3 Å². The van der Waals surface area contributed by atoms with Crippen LogP contribution in [0.4, 0.5) is 5.69 Å². The molecule has 0 unspecified atom stereocenters. The molecule has 1 heterocycles. The number of carbonyl (C=O) groups is 2. The van der Waals surface area contributed by atoms with Crippen LogP contribution in [0.15, 0.2) is 48.0 Å². The van der Waals surface area contributed by atoms with E-state index in [1.165, 1.54) is 5.01 Å². The van der Waals surface area contributed by atoms with Crippen LogP contribution in [0.5, 0.6) is 5.75 Å². The molecule has 0 bridgehead atoms. The Morgan fingerprint density at radius 2 is 1.81 bits per heavy atom. The van der Waals surface area contributed by atoms with Gasteiger partial charge in [0.15, 0.2) is 0 Å². The summed E-state index contributed by atoms with van der Waals surface area (Å²) in [7, 11) is 1.64. The van der Waals surface area contributed by atoms with Crippen molar-refractivity contribution in [3.63, 3.8) is 0 Å². The highest BCUT2D eigenvalue weighted by Gasteiger charge is 2.34. The maximum Gasteiger partial charge on any atom is 0.282 e. The van der Waals surface area contributed by atoms with E-state index in [0.29, 0.717) is 5.69 Å². The Morgan fingerprint density at radius 3 is 2.42 bits per heavy atom. The maximum atomic E-state index is 12.7. The lowest BCUT2D eigenvalue weighted by atomic mass is 9.95. The minimum Gasteiger partial charge on any atom is -0.496 e. The molecule has 1 fully saturated rings. The minimum absolute atomic E-state index is 0.122. The van der Waals surface area contributed by atoms with Gasteiger partial charge in [-0.25, -0.2) is 5.01 Å². The number of methoxy groups -OCH3 is 1. The monoisotopic (exact) mass is 350 g/mol. The normalized spacial score (nSPS) is 15.7. The Balaban J connectivity index is 2.01. The van der Waals surface area contributed by atoms with Gasteiger partial charge in [0.2, 0.25) is 0 Å². The first-order valence-electron chi connectivity index (χ1n) is 8.53. The van der Waals surface area contributed by atoms with Crippen LogP contribution in [0.3, 0.4) is 0 Å². The predicted molar refractivity (Wildman–Crippen MR) is 102 cm³/mol. The number of nitrogens with one attached hydrogen (secondary N) is 1. The van der Waals surface area contributed by atoms with Crippen LogP contribution in [-0.2, 0) is 9.59 Å². The highest BCUT2D eigenvalue weighted by Crippen LogP contribution is 2.31. The Labute approximate surface area is 153 Å². The van der Waals surface area contributed by atoms with Crippen LogP contribution in [0.1, 0.15) is 36.5 Å². The molecule has 0 spiro atoms. The van der Waals surface area contributed by atoms with E-state index in [-0.39, 0.29) is 17.4 Å². The smallest absolute Gasteiger partial charge is 0.282 e. The van der Waals surface area contributed by atoms with E-state index in [2.05, 4.69) is 19.3 Å². The highest BCUT2D eigenvalue weighted by atomic mass is 16.5. The molecule has 0 aliphatic carbocycles. The highest BCUT2D eigenvalue weighted by molar-refractivity contribution is 6.31. The van der Waals surface area contributed by atoms with Crippen molar-refractivity contribution in [2.45, 2.75) is 26.7 Å². The van der Waals surface area contributed by atoms with E-state index >= 15 is 0 Å². The molecule has 3 rings (SSSR count). The molecule has 5 heteroatoms. The maximum absolute atomic E-state index is 12.7. The fraction of sp³-hybridized carbons (Fsp3) is 0.238. The molecule has 1 N–H and O–H groups in total. The summed E-state index contributed by atoms with van der Waals surface area (Å²) < 4.78 is 5.45. The van der Waals surface area contributed by atoms with Crippen molar-refractivity contribution in [2.75, 3.05) is 12.1 Å². The summed E-state index contributed by atoms with van der Waals surface area (Å²) >= 11 is 0. The van der Waals surface area contributed by atoms with Crippen molar-refractivity contribution >= 4 is 23.6 Å². The second kappa shape index (κ2) is 7.04. The van der Waals surface area contributed by atoms with Gasteiger partial charge >= 0.3 is 0 Å². The second-order valence-electron chi connectivity index (χ2n) is 6.58. The molecule has 0 saturated carbocycles. The van der Waals surface area contributed by atoms with Crippen LogP contribution in [-0.4, -0.2) is 18.9 Å². The molecule has 134 valence electrons. The number of hydrogen-bond donors (Lipinski definition) is 1. The number of ether oxygens (including phenoxy) is 1. The van der Waals surface area contributed by atoms with Crippen molar-refractivity contribution in [2.24, 2.45) is 0 Å². The molecule has 1 aliphatic rings. The average Bonchev–Trinajstić information content (AvgIpc) is 2.91. The summed E-state index contributed by atoms with van der Waals surface area (Å²) in [6.45, 7) is 6.09. The first-order chi connectivity index (χ1) is 12.4. The molecule has 5 nitrogen and oxygen atoms in total. The zero-order valence-corrected chi connectivity index (χ0v) is 15.4. The van der Waals surface area contributed by atoms with Gasteiger partial charge in [0.25, 0.3) is 11.8 Å². The van der Waals surface area contributed by atoms with Crippen LogP contribution < -0.4 is 15.2 Å². The van der Waals surface area contributed by atoms with Gasteiger partial charge in [-0.1, -0.05) is 32.0 Å². The summed E-state index contributed by atoms with van der Waals surface area (Å²) in [5.74, 6) is 0.312. The Hall–Kier alpha value is -3.08. The summed E-state index contributed by atoms with van der Waals surface area (Å²) in [6, 6.07) is 13.0. The summed E-state index contributed by atoms with van der Waals surface area (Å²) in [4.78, 5) is 25.1. The lowest BCUT2D eigenvalue weighted by molar-refractivity contribution is -0.117. The lowest BCUT2D eigenvalue weighted by Crippen LogP contribution is -2.35. The second-order valence-corrected chi connectivity index (χ2v) is 6.58. The quantitative estimate of drug-likeness (QED) is 0.677. The number of amides is 2. The van der Waals surface area contributed by atoms with Crippen LogP contribution in [0.2, 0.25) is 0 Å². The average molecular weight is 350 g/mol. The van der Waals surface area contributed by atoms with Crippen LogP contribution in [0, 0.1) is 6.92 Å². The number of hydrogen-bond acceptors (Lipinski definition) is 3. The molecule has 0 radical (unpaired) electrons. The summed E-state index contributed by atoms with van der Waals surface area (Å²) in [6.07, 6.45) is 1.65. The number of aryl methyl sites for hydroxylation is 1. The van der Waals surface area contributed by atoms with E-state index in [4.69, 9.17) is 4.74 Å². The van der Waals surface area contributed by atoms with Crippen molar-refractivity contribution in [1.29, 1.82) is 0 Å². The third-order valence-electron chi connectivity index (χ3n) is 4.45. The van der Waals surface area contributed by atoms with Crippen molar-refractivity contribution < 1.29 is 14.3 Å². The fourth-order valence-electron chi connectivity index (χ4n) is 2.97. The number of benzene rings is 2. The first-order valence-corrected chi connectivity index (χ1v) is 8.53. The zero-order chi connectivity index (χ0) is 18.8. The van der Waals surface area contributed by atoms with Gasteiger partial charge in [0, 0.05) is 0 Å². The van der Waals surface area contributed by atoms with Crippen molar-refractivity contribution in [3.05, 3.63) is 64.7 Å². The molecule has 2 aromatic rings. The lowest BCUT2D eigenvalue weighted by Gasteiger charge is -2.15.